The van der Waals surface area contributed by atoms with Gasteiger partial charge in [0.25, 0.3) is 5.71 Å². The molecule has 1 saturated heterocycles. The lowest BCUT2D eigenvalue weighted by Gasteiger charge is -2.37. The van der Waals surface area contributed by atoms with E-state index in [1.807, 2.05) is 6.92 Å². The maximum absolute atomic E-state index is 12.2. The number of anilines is 1. The Bertz CT molecular complexity index is 838. The van der Waals surface area contributed by atoms with Crippen LogP contribution in [0.4, 0.5) is 5.82 Å². The number of ether oxygens (including phenoxy) is 1. The van der Waals surface area contributed by atoms with E-state index in [0.29, 0.717) is 29.9 Å². The summed E-state index contributed by atoms with van der Waals surface area (Å²) in [6.45, 7) is 5.74. The fourth-order valence-electron chi connectivity index (χ4n) is 4.69. The third-order valence-electron chi connectivity index (χ3n) is 6.11. The summed E-state index contributed by atoms with van der Waals surface area (Å²) >= 11 is 0. The van der Waals surface area contributed by atoms with Crippen LogP contribution in [0.2, 0.25) is 0 Å². The number of fused-ring (bicyclic) bond motifs is 2. The highest BCUT2D eigenvalue weighted by atomic mass is 16.5. The molecule has 8 nitrogen and oxygen atoms in total. The molecule has 0 unspecified atom stereocenters. The lowest BCUT2D eigenvalue weighted by atomic mass is 9.77. The van der Waals surface area contributed by atoms with E-state index in [4.69, 9.17) is 9.15 Å². The lowest BCUT2D eigenvalue weighted by molar-refractivity contribution is -0.123. The van der Waals surface area contributed by atoms with Gasteiger partial charge in [-0.2, -0.15) is 4.98 Å². The lowest BCUT2D eigenvalue weighted by Crippen LogP contribution is -2.50. The van der Waals surface area contributed by atoms with Gasteiger partial charge in [0.05, 0.1) is 12.1 Å². The molecule has 0 bridgehead atoms. The molecule has 1 aliphatic heterocycles. The van der Waals surface area contributed by atoms with E-state index in [2.05, 4.69) is 32.1 Å². The highest BCUT2D eigenvalue weighted by molar-refractivity contribution is 5.81. The average Bonchev–Trinajstić information content (AvgIpc) is 3.27. The van der Waals surface area contributed by atoms with Crippen molar-refractivity contribution < 1.29 is 13.9 Å². The first kappa shape index (κ1) is 19.1. The van der Waals surface area contributed by atoms with Crippen LogP contribution >= 0.6 is 0 Å². The minimum atomic E-state index is 0.0616. The number of oxazole rings is 1. The maximum Gasteiger partial charge on any atom is 0.252 e. The van der Waals surface area contributed by atoms with Crippen molar-refractivity contribution in [3.05, 3.63) is 12.2 Å². The van der Waals surface area contributed by atoms with Crippen molar-refractivity contribution in [3.8, 4) is 0 Å². The predicted octanol–water partition coefficient (Wildman–Crippen LogP) is 2.46. The quantitative estimate of drug-likeness (QED) is 0.814. The van der Waals surface area contributed by atoms with Crippen LogP contribution < -0.4 is 10.2 Å². The van der Waals surface area contributed by atoms with Crippen molar-refractivity contribution >= 4 is 23.0 Å². The zero-order valence-corrected chi connectivity index (χ0v) is 16.9. The fraction of sp³-hybridized carbons (Fsp3) is 0.700. The minimum absolute atomic E-state index is 0.0616. The number of hydrogen-bond donors (Lipinski definition) is 1. The average molecular weight is 387 g/mol. The number of aromatic nitrogens is 3. The van der Waals surface area contributed by atoms with E-state index in [0.717, 1.165) is 50.1 Å². The van der Waals surface area contributed by atoms with Gasteiger partial charge in [0.1, 0.15) is 6.33 Å². The van der Waals surface area contributed by atoms with Crippen LogP contribution in [0.5, 0.6) is 0 Å². The largest absolute Gasteiger partial charge is 0.422 e. The summed E-state index contributed by atoms with van der Waals surface area (Å²) in [5, 5.41) is 3.22. The number of hydrogen-bond acceptors (Lipinski definition) is 7. The van der Waals surface area contributed by atoms with Crippen LogP contribution in [0, 0.1) is 18.8 Å². The summed E-state index contributed by atoms with van der Waals surface area (Å²) in [6.07, 6.45) is 6.03. The number of aryl methyl sites for hydroxylation is 1. The molecule has 0 aromatic carbocycles. The Morgan fingerprint density at radius 2 is 2.11 bits per heavy atom. The molecule has 1 aliphatic carbocycles. The standard InChI is InChI=1S/C20H29N5O3/c1-4-5-6-17(26)24-15-7-13-9-25(10-14(13)8-16(15)27-3)19-18-20(22-11-21-19)28-12(2)23-18/h11,13-16H,4-10H2,1-3H3,(H,24,26)/t13-,14+,15-,16-/m0/s1. The third kappa shape index (κ3) is 3.70. The molecule has 4 rings (SSSR count). The van der Waals surface area contributed by atoms with Gasteiger partial charge in [-0.05, 0) is 31.1 Å². The molecule has 0 spiro atoms. The summed E-state index contributed by atoms with van der Waals surface area (Å²) in [4.78, 5) is 27.7. The highest BCUT2D eigenvalue weighted by Gasteiger charge is 2.43. The molecular formula is C20H29N5O3. The SMILES string of the molecule is CCCCC(=O)N[C@H]1C[C@H]2CN(c3ncnc4oc(C)nc34)C[C@H]2C[C@@H]1OC. The molecule has 1 amide bonds. The van der Waals surface area contributed by atoms with Gasteiger partial charge in [-0.3, -0.25) is 4.79 Å². The number of methoxy groups -OCH3 is 1. The van der Waals surface area contributed by atoms with E-state index in [9.17, 15) is 4.79 Å². The van der Waals surface area contributed by atoms with Gasteiger partial charge in [0.2, 0.25) is 5.91 Å². The molecule has 1 saturated carbocycles. The summed E-state index contributed by atoms with van der Waals surface area (Å²) in [7, 11) is 1.75. The first-order valence-corrected chi connectivity index (χ1v) is 10.2. The summed E-state index contributed by atoms with van der Waals surface area (Å²) in [5.41, 5.74) is 1.26. The van der Waals surface area contributed by atoms with Gasteiger partial charge in [-0.25, -0.2) is 9.97 Å². The highest BCUT2D eigenvalue weighted by Crippen LogP contribution is 2.40. The van der Waals surface area contributed by atoms with E-state index >= 15 is 0 Å². The van der Waals surface area contributed by atoms with Crippen molar-refractivity contribution in [3.63, 3.8) is 0 Å². The number of nitrogens with zero attached hydrogens (tertiary/aromatic N) is 4. The monoisotopic (exact) mass is 387 g/mol. The van der Waals surface area contributed by atoms with Crippen molar-refractivity contribution in [1.82, 2.24) is 20.3 Å². The molecule has 1 N–H and O–H groups in total. The van der Waals surface area contributed by atoms with Gasteiger partial charge in [-0.15, -0.1) is 0 Å². The van der Waals surface area contributed by atoms with Crippen LogP contribution in [-0.4, -0.2) is 53.2 Å². The van der Waals surface area contributed by atoms with E-state index in [-0.39, 0.29) is 18.1 Å². The van der Waals surface area contributed by atoms with Crippen LogP contribution in [0.3, 0.4) is 0 Å². The molecule has 28 heavy (non-hydrogen) atoms. The first-order valence-electron chi connectivity index (χ1n) is 10.2. The van der Waals surface area contributed by atoms with Gasteiger partial charge >= 0.3 is 0 Å². The van der Waals surface area contributed by atoms with Crippen molar-refractivity contribution in [2.45, 2.75) is 58.1 Å². The number of amides is 1. The van der Waals surface area contributed by atoms with Crippen molar-refractivity contribution in [1.29, 1.82) is 0 Å². The number of rotatable bonds is 6. The number of carbonyl (C=O) groups is 1. The molecule has 8 heteroatoms. The predicted molar refractivity (Wildman–Crippen MR) is 105 cm³/mol. The van der Waals surface area contributed by atoms with Crippen LogP contribution in [0.1, 0.15) is 44.9 Å². The Morgan fingerprint density at radius 1 is 1.32 bits per heavy atom. The Morgan fingerprint density at radius 3 is 2.86 bits per heavy atom. The minimum Gasteiger partial charge on any atom is -0.422 e. The normalized spacial score (nSPS) is 27.2. The zero-order valence-electron chi connectivity index (χ0n) is 16.9. The summed E-state index contributed by atoms with van der Waals surface area (Å²) in [5.74, 6) is 2.60. The molecule has 3 heterocycles. The first-order chi connectivity index (χ1) is 13.6. The van der Waals surface area contributed by atoms with Crippen LogP contribution in [-0.2, 0) is 9.53 Å². The molecule has 152 valence electrons. The smallest absolute Gasteiger partial charge is 0.252 e. The van der Waals surface area contributed by atoms with Crippen molar-refractivity contribution in [2.75, 3.05) is 25.1 Å². The Balaban J connectivity index is 1.48. The Labute approximate surface area is 165 Å². The van der Waals surface area contributed by atoms with Gasteiger partial charge in [0.15, 0.2) is 17.2 Å². The second-order valence-electron chi connectivity index (χ2n) is 8.03. The molecule has 2 aromatic heterocycles. The topological polar surface area (TPSA) is 93.4 Å². The van der Waals surface area contributed by atoms with E-state index in [1.165, 1.54) is 0 Å². The maximum atomic E-state index is 12.2. The molecular weight excluding hydrogens is 358 g/mol. The van der Waals surface area contributed by atoms with Gasteiger partial charge < -0.3 is 19.4 Å². The third-order valence-corrected chi connectivity index (χ3v) is 6.11. The second-order valence-corrected chi connectivity index (χ2v) is 8.03. The fourth-order valence-corrected chi connectivity index (χ4v) is 4.69. The number of carbonyl (C=O) groups excluding carboxylic acids is 1. The second kappa shape index (κ2) is 8.03. The van der Waals surface area contributed by atoms with E-state index < -0.39 is 0 Å². The molecule has 0 radical (unpaired) electrons. The molecule has 2 aliphatic rings. The van der Waals surface area contributed by atoms with Crippen LogP contribution in [0.25, 0.3) is 11.2 Å². The van der Waals surface area contributed by atoms with Crippen molar-refractivity contribution in [2.24, 2.45) is 11.8 Å². The van der Waals surface area contributed by atoms with Gasteiger partial charge in [0, 0.05) is 33.5 Å². The summed E-state index contributed by atoms with van der Waals surface area (Å²) in [6, 6.07) is 0.0790. The number of nitrogens with one attached hydrogen (secondary N) is 1. The number of unbranched alkanes of at least 4 members (excludes halogenated alkanes) is 1. The Hall–Kier alpha value is -2.22. The molecule has 4 atom stereocenters. The Kier molecular flexibility index (Phi) is 5.48. The molecule has 2 fully saturated rings. The molecule has 2 aromatic rings. The van der Waals surface area contributed by atoms with Crippen LogP contribution in [0.15, 0.2) is 10.7 Å². The van der Waals surface area contributed by atoms with E-state index in [1.54, 1.807) is 13.4 Å². The summed E-state index contributed by atoms with van der Waals surface area (Å²) < 4.78 is 11.3. The van der Waals surface area contributed by atoms with Gasteiger partial charge in [-0.1, -0.05) is 13.3 Å². The zero-order chi connectivity index (χ0) is 19.7.